The number of amides is 2. The van der Waals surface area contributed by atoms with E-state index in [1.54, 1.807) is 19.9 Å². The van der Waals surface area contributed by atoms with Crippen LogP contribution in [0.1, 0.15) is 56.8 Å². The molecule has 1 aromatic carbocycles. The zero-order chi connectivity index (χ0) is 20.0. The molecule has 146 valence electrons. The van der Waals surface area contributed by atoms with Gasteiger partial charge in [-0.15, -0.1) is 0 Å². The highest BCUT2D eigenvalue weighted by Crippen LogP contribution is 2.27. The van der Waals surface area contributed by atoms with Crippen molar-refractivity contribution in [3.05, 3.63) is 39.9 Å². The van der Waals surface area contributed by atoms with Crippen LogP contribution in [0, 0.1) is 0 Å². The maximum atomic E-state index is 12.7. The molecule has 0 bridgehead atoms. The first kappa shape index (κ1) is 21.0. The van der Waals surface area contributed by atoms with Gasteiger partial charge in [-0.2, -0.15) is 0 Å². The maximum Gasteiger partial charge on any atom is 0.339 e. The smallest absolute Gasteiger partial charge is 0.339 e. The third kappa shape index (κ3) is 5.57. The predicted molar refractivity (Wildman–Crippen MR) is 105 cm³/mol. The zero-order valence-corrected chi connectivity index (χ0v) is 16.6. The summed E-state index contributed by atoms with van der Waals surface area (Å²) in [5.74, 6) is -1.08. The minimum Gasteiger partial charge on any atom is -0.459 e. The lowest BCUT2D eigenvalue weighted by Crippen LogP contribution is -2.29. The Hall–Kier alpha value is -2.34. The molecule has 0 fully saturated rings. The number of carbonyl (C=O) groups excluding carboxylic acids is 3. The van der Waals surface area contributed by atoms with Crippen LogP contribution >= 0.6 is 11.6 Å². The van der Waals surface area contributed by atoms with E-state index in [1.165, 1.54) is 12.1 Å². The molecular weight excluding hydrogens is 368 g/mol. The first-order chi connectivity index (χ1) is 12.8. The molecular formula is C20H25ClN2O4. The molecule has 27 heavy (non-hydrogen) atoms. The summed E-state index contributed by atoms with van der Waals surface area (Å²) in [6.45, 7) is 5.84. The summed E-state index contributed by atoms with van der Waals surface area (Å²) in [6, 6.07) is 4.63. The summed E-state index contributed by atoms with van der Waals surface area (Å²) in [7, 11) is 0. The van der Waals surface area contributed by atoms with Crippen molar-refractivity contribution < 1.29 is 19.1 Å². The molecule has 0 saturated heterocycles. The van der Waals surface area contributed by atoms with Gasteiger partial charge in [0.05, 0.1) is 16.7 Å². The Morgan fingerprint density at radius 2 is 1.74 bits per heavy atom. The number of ether oxygens (including phenoxy) is 1. The molecule has 2 amide bonds. The summed E-state index contributed by atoms with van der Waals surface area (Å²) < 4.78 is 5.17. The van der Waals surface area contributed by atoms with Gasteiger partial charge in [0.15, 0.2) is 0 Å². The van der Waals surface area contributed by atoms with Gasteiger partial charge in [-0.05, 0) is 64.7 Å². The van der Waals surface area contributed by atoms with E-state index in [0.29, 0.717) is 36.2 Å². The highest BCUT2D eigenvalue weighted by molar-refractivity contribution is 6.33. The second kappa shape index (κ2) is 9.55. The fourth-order valence-corrected chi connectivity index (χ4v) is 3.11. The Morgan fingerprint density at radius 3 is 2.33 bits per heavy atom. The second-order valence-corrected chi connectivity index (χ2v) is 7.03. The van der Waals surface area contributed by atoms with E-state index in [2.05, 4.69) is 10.6 Å². The molecule has 1 aliphatic rings. The van der Waals surface area contributed by atoms with Crippen molar-refractivity contribution in [1.82, 2.24) is 5.32 Å². The maximum absolute atomic E-state index is 12.7. The third-order valence-electron chi connectivity index (χ3n) is 4.14. The highest BCUT2D eigenvalue weighted by atomic mass is 35.5. The van der Waals surface area contributed by atoms with Crippen molar-refractivity contribution in [2.45, 2.75) is 52.6 Å². The number of hydrogen-bond acceptors (Lipinski definition) is 4. The normalized spacial score (nSPS) is 14.1. The van der Waals surface area contributed by atoms with Gasteiger partial charge in [0.1, 0.15) is 0 Å². The van der Waals surface area contributed by atoms with Crippen LogP contribution in [0.2, 0.25) is 5.02 Å². The molecule has 0 aliphatic heterocycles. The van der Waals surface area contributed by atoms with Crippen LogP contribution in [-0.2, 0) is 14.3 Å². The van der Waals surface area contributed by atoms with Gasteiger partial charge < -0.3 is 15.4 Å². The lowest BCUT2D eigenvalue weighted by Gasteiger charge is -2.19. The van der Waals surface area contributed by atoms with Gasteiger partial charge in [-0.3, -0.25) is 9.59 Å². The standard InChI is InChI=1S/C20H25ClN2O4/c1-4-22-18(24)14-7-5-6-8-15(14)19(25)23-13-9-10-17(21)16(11-13)20(26)27-12(2)3/h9-12H,4-8H2,1-3H3,(H,22,24)(H,23,25). The van der Waals surface area contributed by atoms with Crippen LogP contribution in [0.3, 0.4) is 0 Å². The third-order valence-corrected chi connectivity index (χ3v) is 4.47. The van der Waals surface area contributed by atoms with Crippen molar-refractivity contribution in [1.29, 1.82) is 0 Å². The van der Waals surface area contributed by atoms with E-state index < -0.39 is 5.97 Å². The van der Waals surface area contributed by atoms with Crippen molar-refractivity contribution in [2.24, 2.45) is 0 Å². The van der Waals surface area contributed by atoms with Crippen LogP contribution in [0.5, 0.6) is 0 Å². The summed E-state index contributed by atoms with van der Waals surface area (Å²) in [5, 5.41) is 5.78. The Morgan fingerprint density at radius 1 is 1.11 bits per heavy atom. The number of rotatable bonds is 6. The number of carbonyl (C=O) groups is 3. The van der Waals surface area contributed by atoms with E-state index in [-0.39, 0.29) is 28.5 Å². The minimum absolute atomic E-state index is 0.185. The van der Waals surface area contributed by atoms with Crippen LogP contribution in [0.15, 0.2) is 29.3 Å². The van der Waals surface area contributed by atoms with Crippen molar-refractivity contribution >= 4 is 35.1 Å². The number of hydrogen-bond donors (Lipinski definition) is 2. The SMILES string of the molecule is CCNC(=O)C1=C(C(=O)Nc2ccc(Cl)c(C(=O)OC(C)C)c2)CCCC1. The van der Waals surface area contributed by atoms with Crippen molar-refractivity contribution in [3.8, 4) is 0 Å². The monoisotopic (exact) mass is 392 g/mol. The Balaban J connectivity index is 2.24. The molecule has 0 spiro atoms. The van der Waals surface area contributed by atoms with E-state index in [1.807, 2.05) is 6.92 Å². The summed E-state index contributed by atoms with van der Waals surface area (Å²) in [6.07, 6.45) is 2.60. The van der Waals surface area contributed by atoms with E-state index in [4.69, 9.17) is 16.3 Å². The average Bonchev–Trinajstić information content (AvgIpc) is 2.62. The van der Waals surface area contributed by atoms with Gasteiger partial charge in [0, 0.05) is 23.4 Å². The van der Waals surface area contributed by atoms with Gasteiger partial charge in [-0.25, -0.2) is 4.79 Å². The second-order valence-electron chi connectivity index (χ2n) is 6.63. The van der Waals surface area contributed by atoms with E-state index >= 15 is 0 Å². The Labute approximate surface area is 164 Å². The highest BCUT2D eigenvalue weighted by Gasteiger charge is 2.24. The molecule has 0 saturated carbocycles. The fraction of sp³-hybridized carbons (Fsp3) is 0.450. The van der Waals surface area contributed by atoms with Crippen LogP contribution in [-0.4, -0.2) is 30.4 Å². The van der Waals surface area contributed by atoms with Gasteiger partial charge in [0.2, 0.25) is 5.91 Å². The summed E-state index contributed by atoms with van der Waals surface area (Å²) >= 11 is 6.08. The largest absolute Gasteiger partial charge is 0.459 e. The number of esters is 1. The van der Waals surface area contributed by atoms with E-state index in [0.717, 1.165) is 12.8 Å². The van der Waals surface area contributed by atoms with Crippen LogP contribution < -0.4 is 10.6 Å². The first-order valence-corrected chi connectivity index (χ1v) is 9.53. The fourth-order valence-electron chi connectivity index (χ4n) is 2.92. The molecule has 1 aromatic rings. The number of likely N-dealkylation sites (N-methyl/N-ethyl adjacent to an activating group) is 1. The first-order valence-electron chi connectivity index (χ1n) is 9.15. The number of halogens is 1. The van der Waals surface area contributed by atoms with E-state index in [9.17, 15) is 14.4 Å². The molecule has 2 N–H and O–H groups in total. The number of benzene rings is 1. The lowest BCUT2D eigenvalue weighted by molar-refractivity contribution is -0.119. The molecule has 2 rings (SSSR count). The molecule has 0 radical (unpaired) electrons. The van der Waals surface area contributed by atoms with Crippen LogP contribution in [0.4, 0.5) is 5.69 Å². The lowest BCUT2D eigenvalue weighted by atomic mass is 9.90. The van der Waals surface area contributed by atoms with Gasteiger partial charge in [-0.1, -0.05) is 11.6 Å². The van der Waals surface area contributed by atoms with Gasteiger partial charge >= 0.3 is 5.97 Å². The molecule has 0 aromatic heterocycles. The molecule has 1 aliphatic carbocycles. The predicted octanol–water partition coefficient (Wildman–Crippen LogP) is 3.85. The molecule has 0 unspecified atom stereocenters. The molecule has 0 heterocycles. The number of anilines is 1. The Bertz CT molecular complexity index is 771. The zero-order valence-electron chi connectivity index (χ0n) is 15.9. The minimum atomic E-state index is -0.550. The van der Waals surface area contributed by atoms with Crippen molar-refractivity contribution in [3.63, 3.8) is 0 Å². The average molecular weight is 393 g/mol. The molecule has 7 heteroatoms. The number of nitrogens with one attached hydrogen (secondary N) is 2. The summed E-state index contributed by atoms with van der Waals surface area (Å²) in [5.41, 5.74) is 1.64. The van der Waals surface area contributed by atoms with Crippen molar-refractivity contribution in [2.75, 3.05) is 11.9 Å². The molecule has 0 atom stereocenters. The summed E-state index contributed by atoms with van der Waals surface area (Å²) in [4.78, 5) is 37.1. The molecule has 6 nitrogen and oxygen atoms in total. The quantitative estimate of drug-likeness (QED) is 0.720. The topological polar surface area (TPSA) is 84.5 Å². The van der Waals surface area contributed by atoms with Gasteiger partial charge in [0.25, 0.3) is 5.91 Å². The van der Waals surface area contributed by atoms with Crippen LogP contribution in [0.25, 0.3) is 0 Å². The Kier molecular flexibility index (Phi) is 7.42.